The van der Waals surface area contributed by atoms with E-state index in [9.17, 15) is 9.90 Å². The van der Waals surface area contributed by atoms with Crippen molar-refractivity contribution in [1.29, 1.82) is 5.26 Å². The lowest BCUT2D eigenvalue weighted by Crippen LogP contribution is -2.03. The van der Waals surface area contributed by atoms with Gasteiger partial charge in [-0.05, 0) is 54.4 Å². The van der Waals surface area contributed by atoms with Gasteiger partial charge in [-0.1, -0.05) is 24.3 Å². The van der Waals surface area contributed by atoms with Crippen LogP contribution in [0.2, 0.25) is 0 Å². The number of rotatable bonds is 7. The summed E-state index contributed by atoms with van der Waals surface area (Å²) in [5.41, 5.74) is 1.71. The number of carbonyl (C=O) groups is 1. The minimum atomic E-state index is -1.09. The first kappa shape index (κ1) is 20.5. The molecule has 3 aromatic rings. The van der Waals surface area contributed by atoms with Gasteiger partial charge in [0.1, 0.15) is 28.6 Å². The van der Waals surface area contributed by atoms with Crippen molar-refractivity contribution in [2.45, 2.75) is 6.92 Å². The molecular formula is C24H19NO5. The highest BCUT2D eigenvalue weighted by Gasteiger charge is 2.16. The molecule has 0 aliphatic heterocycles. The molecule has 3 aromatic carbocycles. The van der Waals surface area contributed by atoms with Gasteiger partial charge in [0, 0.05) is 6.07 Å². The molecule has 0 saturated carbocycles. The first-order valence-electron chi connectivity index (χ1n) is 9.04. The second-order valence-corrected chi connectivity index (χ2v) is 6.32. The van der Waals surface area contributed by atoms with Crippen molar-refractivity contribution in [3.8, 4) is 29.1 Å². The van der Waals surface area contributed by atoms with Crippen LogP contribution in [0.15, 0.2) is 73.0 Å². The van der Waals surface area contributed by atoms with Crippen molar-refractivity contribution in [2.75, 3.05) is 7.11 Å². The number of methoxy groups -OCH3 is 1. The Kier molecular flexibility index (Phi) is 6.36. The highest BCUT2D eigenvalue weighted by atomic mass is 16.5. The molecule has 1 N–H and O–H groups in total. The molecule has 0 aliphatic rings. The monoisotopic (exact) mass is 401 g/mol. The fourth-order valence-electron chi connectivity index (χ4n) is 2.86. The van der Waals surface area contributed by atoms with Gasteiger partial charge in [-0.2, -0.15) is 5.26 Å². The Morgan fingerprint density at radius 2 is 1.60 bits per heavy atom. The standard InChI is InChI=1S/C24H19NO5/c1-16-21(22(15-28-2)24(26)27)10-5-11-23(16)30-20-9-4-8-19(13-20)29-18-7-3-6-17(12-18)14-25/h3-13,15H,1-2H3,(H,26,27)/b22-15+. The highest BCUT2D eigenvalue weighted by molar-refractivity contribution is 6.15. The summed E-state index contributed by atoms with van der Waals surface area (Å²) in [6.45, 7) is 1.78. The first-order valence-corrected chi connectivity index (χ1v) is 9.04. The van der Waals surface area contributed by atoms with Crippen LogP contribution in [-0.4, -0.2) is 18.2 Å². The number of nitrogens with zero attached hydrogens (tertiary/aromatic N) is 1. The molecule has 0 aromatic heterocycles. The summed E-state index contributed by atoms with van der Waals surface area (Å²) in [6, 6.07) is 21.2. The smallest absolute Gasteiger partial charge is 0.339 e. The molecule has 0 aliphatic carbocycles. The average molecular weight is 401 g/mol. The van der Waals surface area contributed by atoms with E-state index >= 15 is 0 Å². The molecule has 0 bridgehead atoms. The third-order valence-corrected chi connectivity index (χ3v) is 4.27. The minimum absolute atomic E-state index is 0.0370. The van der Waals surface area contributed by atoms with Crippen LogP contribution >= 0.6 is 0 Å². The van der Waals surface area contributed by atoms with E-state index in [1.165, 1.54) is 13.4 Å². The number of hydrogen-bond acceptors (Lipinski definition) is 5. The minimum Gasteiger partial charge on any atom is -0.503 e. The summed E-state index contributed by atoms with van der Waals surface area (Å²) in [5, 5.41) is 18.5. The Morgan fingerprint density at radius 3 is 2.27 bits per heavy atom. The molecule has 0 fully saturated rings. The molecular weight excluding hydrogens is 382 g/mol. The Balaban J connectivity index is 1.86. The highest BCUT2D eigenvalue weighted by Crippen LogP contribution is 2.33. The van der Waals surface area contributed by atoms with Gasteiger partial charge in [0.25, 0.3) is 0 Å². The van der Waals surface area contributed by atoms with E-state index in [1.807, 2.05) is 0 Å². The number of hydrogen-bond donors (Lipinski definition) is 1. The maximum atomic E-state index is 11.5. The van der Waals surface area contributed by atoms with Crippen molar-refractivity contribution >= 4 is 11.5 Å². The second-order valence-electron chi connectivity index (χ2n) is 6.32. The molecule has 0 atom stereocenters. The summed E-state index contributed by atoms with van der Waals surface area (Å²) in [4.78, 5) is 11.5. The van der Waals surface area contributed by atoms with Crippen LogP contribution in [-0.2, 0) is 9.53 Å². The predicted molar refractivity (Wildman–Crippen MR) is 112 cm³/mol. The second kappa shape index (κ2) is 9.30. The van der Waals surface area contributed by atoms with Crippen molar-refractivity contribution in [3.63, 3.8) is 0 Å². The van der Waals surface area contributed by atoms with Gasteiger partial charge in [0.05, 0.1) is 25.0 Å². The van der Waals surface area contributed by atoms with E-state index in [-0.39, 0.29) is 5.57 Å². The molecule has 6 nitrogen and oxygen atoms in total. The lowest BCUT2D eigenvalue weighted by molar-refractivity contribution is -0.130. The van der Waals surface area contributed by atoms with Crippen LogP contribution < -0.4 is 9.47 Å². The van der Waals surface area contributed by atoms with Crippen LogP contribution in [0.1, 0.15) is 16.7 Å². The molecule has 0 heterocycles. The Hall–Kier alpha value is -4.24. The van der Waals surface area contributed by atoms with E-state index in [0.29, 0.717) is 39.7 Å². The Bertz CT molecular complexity index is 1140. The number of aliphatic carboxylic acids is 1. The van der Waals surface area contributed by atoms with Gasteiger partial charge in [0.15, 0.2) is 0 Å². The molecule has 30 heavy (non-hydrogen) atoms. The first-order chi connectivity index (χ1) is 14.5. The molecule has 0 unspecified atom stereocenters. The van der Waals surface area contributed by atoms with Gasteiger partial charge in [-0.25, -0.2) is 4.79 Å². The molecule has 6 heteroatoms. The quantitative estimate of drug-likeness (QED) is 0.414. The fourth-order valence-corrected chi connectivity index (χ4v) is 2.86. The topological polar surface area (TPSA) is 88.8 Å². The molecule has 0 radical (unpaired) electrons. The molecule has 3 rings (SSSR count). The summed E-state index contributed by atoms with van der Waals surface area (Å²) in [5.74, 6) is 1.03. The Morgan fingerprint density at radius 1 is 0.967 bits per heavy atom. The van der Waals surface area contributed by atoms with Gasteiger partial charge in [-0.15, -0.1) is 0 Å². The van der Waals surface area contributed by atoms with Crippen LogP contribution in [0.25, 0.3) is 5.57 Å². The maximum absolute atomic E-state index is 11.5. The zero-order valence-corrected chi connectivity index (χ0v) is 16.5. The number of carboxylic acid groups (broad SMARTS) is 1. The SMILES string of the molecule is CO/C=C(/C(=O)O)c1cccc(Oc2cccc(Oc3cccc(C#N)c3)c2)c1C. The number of ether oxygens (including phenoxy) is 3. The fraction of sp³-hybridized carbons (Fsp3) is 0.0833. The van der Waals surface area contributed by atoms with Crippen LogP contribution in [0.5, 0.6) is 23.0 Å². The van der Waals surface area contributed by atoms with Crippen LogP contribution in [0.3, 0.4) is 0 Å². The molecule has 0 saturated heterocycles. The van der Waals surface area contributed by atoms with E-state index in [1.54, 1.807) is 73.7 Å². The van der Waals surface area contributed by atoms with Crippen molar-refractivity contribution in [3.05, 3.63) is 89.7 Å². The van der Waals surface area contributed by atoms with Gasteiger partial charge in [-0.3, -0.25) is 0 Å². The maximum Gasteiger partial charge on any atom is 0.339 e. The van der Waals surface area contributed by atoms with Crippen molar-refractivity contribution in [2.24, 2.45) is 0 Å². The van der Waals surface area contributed by atoms with E-state index in [4.69, 9.17) is 19.5 Å². The third kappa shape index (κ3) is 4.78. The summed E-state index contributed by atoms with van der Waals surface area (Å²) in [6.07, 6.45) is 1.19. The Labute approximate surface area is 174 Å². The number of nitriles is 1. The van der Waals surface area contributed by atoms with E-state index < -0.39 is 5.97 Å². The van der Waals surface area contributed by atoms with Crippen LogP contribution in [0, 0.1) is 18.3 Å². The number of benzene rings is 3. The average Bonchev–Trinajstić information content (AvgIpc) is 2.74. The predicted octanol–water partition coefficient (Wildman–Crippen LogP) is 5.52. The normalized spacial score (nSPS) is 10.8. The largest absolute Gasteiger partial charge is 0.503 e. The van der Waals surface area contributed by atoms with Gasteiger partial charge in [0.2, 0.25) is 0 Å². The summed E-state index contributed by atoms with van der Waals surface area (Å²) < 4.78 is 16.7. The third-order valence-electron chi connectivity index (χ3n) is 4.27. The van der Waals surface area contributed by atoms with Crippen molar-refractivity contribution in [1.82, 2.24) is 0 Å². The summed E-state index contributed by atoms with van der Waals surface area (Å²) >= 11 is 0. The number of carboxylic acids is 1. The lowest BCUT2D eigenvalue weighted by atomic mass is 10.0. The van der Waals surface area contributed by atoms with Crippen molar-refractivity contribution < 1.29 is 24.1 Å². The molecule has 150 valence electrons. The zero-order valence-electron chi connectivity index (χ0n) is 16.5. The zero-order chi connectivity index (χ0) is 21.5. The summed E-state index contributed by atoms with van der Waals surface area (Å²) in [7, 11) is 1.40. The molecule has 0 spiro atoms. The lowest BCUT2D eigenvalue weighted by Gasteiger charge is -2.14. The van der Waals surface area contributed by atoms with E-state index in [2.05, 4.69) is 6.07 Å². The van der Waals surface area contributed by atoms with Gasteiger partial charge < -0.3 is 19.3 Å². The van der Waals surface area contributed by atoms with Crippen LogP contribution in [0.4, 0.5) is 0 Å². The molecule has 0 amide bonds. The van der Waals surface area contributed by atoms with Gasteiger partial charge >= 0.3 is 5.97 Å². The van der Waals surface area contributed by atoms with E-state index in [0.717, 1.165) is 0 Å².